The molecule has 3 aromatic rings. The molecule has 0 aromatic heterocycles. The van der Waals surface area contributed by atoms with Gasteiger partial charge in [0.15, 0.2) is 0 Å². The number of nitrogens with zero attached hydrogens (tertiary/aromatic N) is 2. The number of rotatable bonds is 4. The highest BCUT2D eigenvalue weighted by Gasteiger charge is 2.68. The van der Waals surface area contributed by atoms with E-state index in [9.17, 15) is 19.2 Å². The summed E-state index contributed by atoms with van der Waals surface area (Å²) < 4.78 is 5.33. The van der Waals surface area contributed by atoms with E-state index in [1.807, 2.05) is 6.07 Å². The van der Waals surface area contributed by atoms with Gasteiger partial charge in [-0.25, -0.2) is 9.59 Å². The Hall–Kier alpha value is -3.88. The Balaban J connectivity index is 1.53. The van der Waals surface area contributed by atoms with Crippen LogP contribution in [-0.4, -0.2) is 28.8 Å². The van der Waals surface area contributed by atoms with Gasteiger partial charge in [-0.2, -0.15) is 4.90 Å². The molecule has 3 aromatic carbocycles. The molecule has 10 heteroatoms. The quantitative estimate of drug-likeness (QED) is 0.408. The third-order valence-corrected chi connectivity index (χ3v) is 6.68. The van der Waals surface area contributed by atoms with Crippen molar-refractivity contribution in [3.05, 3.63) is 99.5 Å². The number of amides is 5. The van der Waals surface area contributed by atoms with Gasteiger partial charge < -0.3 is 9.64 Å². The largest absolute Gasteiger partial charge is 0.444 e. The number of nitrogens with one attached hydrogen (secondary N) is 1. The zero-order valence-corrected chi connectivity index (χ0v) is 19.5. The number of carbonyl (C=O) groups excluding carboxylic acids is 4. The van der Waals surface area contributed by atoms with Gasteiger partial charge in [-0.05, 0) is 29.3 Å². The second-order valence-electron chi connectivity index (χ2n) is 8.00. The van der Waals surface area contributed by atoms with Crippen molar-refractivity contribution in [1.29, 1.82) is 0 Å². The molecule has 1 fully saturated rings. The molecule has 0 saturated carbocycles. The molecule has 1 N–H and O–H groups in total. The Bertz CT molecular complexity index is 1380. The summed E-state index contributed by atoms with van der Waals surface area (Å²) in [5.41, 5.74) is -0.320. The third-order valence-electron chi connectivity index (χ3n) is 5.94. The Morgan fingerprint density at radius 2 is 1.60 bits per heavy atom. The van der Waals surface area contributed by atoms with Crippen LogP contribution >= 0.6 is 23.2 Å². The molecule has 176 valence electrons. The SMILES string of the molecule is O=C1NC(=O)[C@]2(C(=O)N(Cc3ccc(Cl)c(Cl)c3)c3ccccc32)N1C(=O)OCc1ccccc1. The van der Waals surface area contributed by atoms with Crippen molar-refractivity contribution in [3.63, 3.8) is 0 Å². The highest BCUT2D eigenvalue weighted by atomic mass is 35.5. The average Bonchev–Trinajstić information content (AvgIpc) is 3.26. The first-order valence-electron chi connectivity index (χ1n) is 10.6. The molecule has 5 rings (SSSR count). The van der Waals surface area contributed by atoms with Crippen molar-refractivity contribution >= 4 is 52.8 Å². The van der Waals surface area contributed by atoms with Crippen molar-refractivity contribution in [2.45, 2.75) is 18.7 Å². The van der Waals surface area contributed by atoms with Gasteiger partial charge >= 0.3 is 12.1 Å². The highest BCUT2D eigenvalue weighted by Crippen LogP contribution is 2.47. The van der Waals surface area contributed by atoms with Crippen LogP contribution in [0.5, 0.6) is 0 Å². The number of urea groups is 1. The Labute approximate surface area is 210 Å². The van der Waals surface area contributed by atoms with Gasteiger partial charge in [-0.15, -0.1) is 0 Å². The Kier molecular flexibility index (Phi) is 5.70. The predicted octanol–water partition coefficient (Wildman–Crippen LogP) is 4.62. The highest BCUT2D eigenvalue weighted by molar-refractivity contribution is 6.42. The number of imide groups is 2. The lowest BCUT2D eigenvalue weighted by Gasteiger charge is -2.28. The van der Waals surface area contributed by atoms with Crippen molar-refractivity contribution in [3.8, 4) is 0 Å². The van der Waals surface area contributed by atoms with Crippen LogP contribution < -0.4 is 10.2 Å². The molecular weight excluding hydrogens is 493 g/mol. The fourth-order valence-corrected chi connectivity index (χ4v) is 4.67. The summed E-state index contributed by atoms with van der Waals surface area (Å²) in [7, 11) is 0. The Morgan fingerprint density at radius 1 is 0.886 bits per heavy atom. The van der Waals surface area contributed by atoms with E-state index in [2.05, 4.69) is 5.32 Å². The smallest absolute Gasteiger partial charge is 0.420 e. The monoisotopic (exact) mass is 509 g/mol. The molecule has 8 nitrogen and oxygen atoms in total. The van der Waals surface area contributed by atoms with Crippen LogP contribution in [0, 0.1) is 0 Å². The summed E-state index contributed by atoms with van der Waals surface area (Å²) in [6, 6.07) is 19.2. The zero-order valence-electron chi connectivity index (χ0n) is 18.0. The first-order valence-corrected chi connectivity index (χ1v) is 11.3. The van der Waals surface area contributed by atoms with E-state index < -0.39 is 29.5 Å². The third kappa shape index (κ3) is 3.62. The molecule has 0 unspecified atom stereocenters. The normalized spacial score (nSPS) is 18.7. The predicted molar refractivity (Wildman–Crippen MR) is 128 cm³/mol. The van der Waals surface area contributed by atoms with E-state index in [4.69, 9.17) is 27.9 Å². The number of hydrogen-bond acceptors (Lipinski definition) is 5. The fourth-order valence-electron chi connectivity index (χ4n) is 4.35. The van der Waals surface area contributed by atoms with E-state index in [1.165, 1.54) is 11.0 Å². The van der Waals surface area contributed by atoms with Crippen LogP contribution in [0.3, 0.4) is 0 Å². The first-order chi connectivity index (χ1) is 16.8. The van der Waals surface area contributed by atoms with Gasteiger partial charge in [0.2, 0.25) is 5.54 Å². The number of carbonyl (C=O) groups is 4. The number of anilines is 1. The molecule has 0 radical (unpaired) electrons. The van der Waals surface area contributed by atoms with E-state index in [1.54, 1.807) is 60.7 Å². The molecule has 0 aliphatic carbocycles. The van der Waals surface area contributed by atoms with Crippen LogP contribution in [-0.2, 0) is 33.0 Å². The first kappa shape index (κ1) is 22.9. The summed E-state index contributed by atoms with van der Waals surface area (Å²) in [5.74, 6) is -1.68. The van der Waals surface area contributed by atoms with Crippen molar-refractivity contribution in [2.75, 3.05) is 4.90 Å². The lowest BCUT2D eigenvalue weighted by molar-refractivity contribution is -0.137. The van der Waals surface area contributed by atoms with Gasteiger partial charge in [0.05, 0.1) is 22.3 Å². The maximum Gasteiger partial charge on any atom is 0.420 e. The molecule has 35 heavy (non-hydrogen) atoms. The van der Waals surface area contributed by atoms with E-state index in [0.29, 0.717) is 31.8 Å². The van der Waals surface area contributed by atoms with Gasteiger partial charge in [0.1, 0.15) is 6.61 Å². The van der Waals surface area contributed by atoms with Crippen LogP contribution in [0.1, 0.15) is 16.7 Å². The fraction of sp³-hybridized carbons (Fsp3) is 0.120. The average molecular weight is 510 g/mol. The van der Waals surface area contributed by atoms with Crippen molar-refractivity contribution in [2.24, 2.45) is 0 Å². The molecular formula is C25H17Cl2N3O5. The lowest BCUT2D eigenvalue weighted by atomic mass is 9.90. The standard InChI is InChI=1S/C25H17Cl2N3O5/c26-18-11-10-16(12-19(18)27)13-29-20-9-5-4-8-17(20)25(22(29)32)21(31)28-23(33)30(25)24(34)35-14-15-6-2-1-3-7-15/h1-12H,13-14H2,(H,28,31,33)/t25-/m1/s1. The molecule has 0 bridgehead atoms. The molecule has 2 aliphatic rings. The van der Waals surface area contributed by atoms with Crippen LogP contribution in [0.25, 0.3) is 0 Å². The molecule has 1 spiro atoms. The number of fused-ring (bicyclic) bond motifs is 2. The molecule has 1 saturated heterocycles. The number of para-hydroxylation sites is 1. The molecule has 2 heterocycles. The summed E-state index contributed by atoms with van der Waals surface area (Å²) >= 11 is 12.1. The minimum atomic E-state index is -2.22. The van der Waals surface area contributed by atoms with Gasteiger partial charge in [0, 0.05) is 5.56 Å². The number of ether oxygens (including phenoxy) is 1. The maximum atomic E-state index is 13.9. The minimum absolute atomic E-state index is 0.0306. The zero-order chi connectivity index (χ0) is 24.7. The molecule has 2 aliphatic heterocycles. The van der Waals surface area contributed by atoms with E-state index in [0.717, 1.165) is 0 Å². The summed E-state index contributed by atoms with van der Waals surface area (Å²) in [6.45, 7) is -0.112. The Morgan fingerprint density at radius 3 is 2.34 bits per heavy atom. The topological polar surface area (TPSA) is 96.0 Å². The van der Waals surface area contributed by atoms with Crippen LogP contribution in [0.4, 0.5) is 15.3 Å². The minimum Gasteiger partial charge on any atom is -0.444 e. The second-order valence-corrected chi connectivity index (χ2v) is 8.82. The lowest BCUT2D eigenvalue weighted by Crippen LogP contribution is -2.56. The van der Waals surface area contributed by atoms with E-state index >= 15 is 0 Å². The van der Waals surface area contributed by atoms with Gasteiger partial charge in [0.25, 0.3) is 11.8 Å². The maximum absolute atomic E-state index is 13.9. The van der Waals surface area contributed by atoms with Crippen molar-refractivity contribution in [1.82, 2.24) is 10.2 Å². The summed E-state index contributed by atoms with van der Waals surface area (Å²) in [6.07, 6.45) is -1.11. The molecule has 1 atom stereocenters. The molecule has 5 amide bonds. The van der Waals surface area contributed by atoms with Gasteiger partial charge in [-0.3, -0.25) is 14.9 Å². The number of hydrogen-bond donors (Lipinski definition) is 1. The van der Waals surface area contributed by atoms with Crippen molar-refractivity contribution < 1.29 is 23.9 Å². The van der Waals surface area contributed by atoms with Crippen LogP contribution in [0.15, 0.2) is 72.8 Å². The second kappa shape index (κ2) is 8.72. The van der Waals surface area contributed by atoms with Gasteiger partial charge in [-0.1, -0.05) is 77.8 Å². The summed E-state index contributed by atoms with van der Waals surface area (Å²) in [4.78, 5) is 54.9. The van der Waals surface area contributed by atoms with E-state index in [-0.39, 0.29) is 18.7 Å². The number of halogens is 2. The number of benzene rings is 3. The van der Waals surface area contributed by atoms with Crippen LogP contribution in [0.2, 0.25) is 10.0 Å². The summed E-state index contributed by atoms with van der Waals surface area (Å²) in [5, 5.41) is 2.77.